The van der Waals surface area contributed by atoms with Gasteiger partial charge in [0.05, 0.1) is 18.0 Å². The van der Waals surface area contributed by atoms with E-state index in [1.165, 1.54) is 0 Å². The minimum atomic E-state index is -0.198. The van der Waals surface area contributed by atoms with E-state index >= 15 is 0 Å². The molecule has 0 aromatic carbocycles. The van der Waals surface area contributed by atoms with Crippen molar-refractivity contribution >= 4 is 16.7 Å². The fourth-order valence-electron chi connectivity index (χ4n) is 2.85. The Morgan fingerprint density at radius 3 is 2.79 bits per heavy atom. The highest BCUT2D eigenvalue weighted by Crippen LogP contribution is 2.27. The summed E-state index contributed by atoms with van der Waals surface area (Å²) in [6, 6.07) is 5.95. The first-order valence-corrected chi connectivity index (χ1v) is 8.15. The van der Waals surface area contributed by atoms with E-state index < -0.39 is 0 Å². The number of aromatic nitrogens is 4. The van der Waals surface area contributed by atoms with Gasteiger partial charge in [-0.3, -0.25) is 10.1 Å². The molecule has 126 valence electrons. The first kappa shape index (κ1) is 16.2. The van der Waals surface area contributed by atoms with Gasteiger partial charge in [-0.25, -0.2) is 4.98 Å². The molecule has 0 bridgehead atoms. The smallest absolute Gasteiger partial charge is 0.216 e. The molecule has 2 N–H and O–H groups in total. The third-order valence-electron chi connectivity index (χ3n) is 3.85. The summed E-state index contributed by atoms with van der Waals surface area (Å²) < 4.78 is 5.64. The number of nitrogens with zero attached hydrogens (tertiary/aromatic N) is 3. The van der Waals surface area contributed by atoms with E-state index in [0.717, 1.165) is 34.4 Å². The predicted octanol–water partition coefficient (Wildman–Crippen LogP) is 3.49. The van der Waals surface area contributed by atoms with Gasteiger partial charge >= 0.3 is 0 Å². The van der Waals surface area contributed by atoms with E-state index in [2.05, 4.69) is 45.4 Å². The summed E-state index contributed by atoms with van der Waals surface area (Å²) in [6.07, 6.45) is 4.34. The van der Waals surface area contributed by atoms with Crippen LogP contribution in [0.15, 0.2) is 30.6 Å². The summed E-state index contributed by atoms with van der Waals surface area (Å²) in [6.45, 7) is 8.86. The third-order valence-corrected chi connectivity index (χ3v) is 3.85. The van der Waals surface area contributed by atoms with Crippen molar-refractivity contribution in [3.63, 3.8) is 0 Å². The number of aryl methyl sites for hydroxylation is 1. The van der Waals surface area contributed by atoms with Crippen LogP contribution in [0.25, 0.3) is 11.0 Å². The molecule has 3 heterocycles. The first-order valence-electron chi connectivity index (χ1n) is 8.15. The Labute approximate surface area is 141 Å². The van der Waals surface area contributed by atoms with E-state index in [9.17, 15) is 0 Å². The summed E-state index contributed by atoms with van der Waals surface area (Å²) >= 11 is 0. The number of H-pyrrole nitrogens is 1. The molecule has 0 unspecified atom stereocenters. The van der Waals surface area contributed by atoms with Crippen molar-refractivity contribution in [1.29, 1.82) is 0 Å². The zero-order chi connectivity index (χ0) is 17.2. The normalized spacial score (nSPS) is 11.7. The molecule has 0 atom stereocenters. The maximum Gasteiger partial charge on any atom is 0.216 e. The van der Waals surface area contributed by atoms with E-state index in [1.54, 1.807) is 12.4 Å². The second-order valence-corrected chi connectivity index (χ2v) is 6.49. The minimum Gasteiger partial charge on any atom is -0.478 e. The van der Waals surface area contributed by atoms with Gasteiger partial charge in [-0.15, -0.1) is 0 Å². The van der Waals surface area contributed by atoms with Gasteiger partial charge in [-0.2, -0.15) is 5.10 Å². The summed E-state index contributed by atoms with van der Waals surface area (Å²) in [5.74, 6) is 0.699. The van der Waals surface area contributed by atoms with Gasteiger partial charge in [0, 0.05) is 29.9 Å². The van der Waals surface area contributed by atoms with Gasteiger partial charge in [-0.05, 0) is 39.8 Å². The molecule has 0 saturated carbocycles. The van der Waals surface area contributed by atoms with Crippen LogP contribution in [0.1, 0.15) is 32.0 Å². The van der Waals surface area contributed by atoms with Gasteiger partial charge in [0.2, 0.25) is 5.88 Å². The number of aromatic amines is 1. The molecular weight excluding hydrogens is 302 g/mol. The van der Waals surface area contributed by atoms with Crippen molar-refractivity contribution in [2.24, 2.45) is 0 Å². The molecule has 0 amide bonds. The second-order valence-electron chi connectivity index (χ2n) is 6.49. The minimum absolute atomic E-state index is 0.198. The summed E-state index contributed by atoms with van der Waals surface area (Å²) in [7, 11) is 0. The van der Waals surface area contributed by atoms with Gasteiger partial charge < -0.3 is 10.1 Å². The molecule has 3 aromatic rings. The first-order chi connectivity index (χ1) is 11.5. The van der Waals surface area contributed by atoms with E-state index in [-0.39, 0.29) is 5.54 Å². The average molecular weight is 325 g/mol. The van der Waals surface area contributed by atoms with Crippen LogP contribution in [0.5, 0.6) is 5.88 Å². The Morgan fingerprint density at radius 1 is 1.17 bits per heavy atom. The Balaban J connectivity index is 1.86. The van der Waals surface area contributed by atoms with Crippen LogP contribution in [0.2, 0.25) is 0 Å². The SMILES string of the molecule is CCOc1ncccc1CC(C)(C)Nc1ccnc2c(C)[nH]nc12. The number of anilines is 1. The van der Waals surface area contributed by atoms with Crippen LogP contribution < -0.4 is 10.1 Å². The predicted molar refractivity (Wildman–Crippen MR) is 95.4 cm³/mol. The Bertz CT molecular complexity index is 840. The average Bonchev–Trinajstić information content (AvgIpc) is 2.92. The third kappa shape index (κ3) is 3.32. The number of fused-ring (bicyclic) bond motifs is 1. The van der Waals surface area contributed by atoms with Crippen LogP contribution in [-0.4, -0.2) is 32.3 Å². The van der Waals surface area contributed by atoms with Gasteiger partial charge in [-0.1, -0.05) is 6.07 Å². The van der Waals surface area contributed by atoms with Crippen LogP contribution in [0.4, 0.5) is 5.69 Å². The van der Waals surface area contributed by atoms with Crippen molar-refractivity contribution in [3.05, 3.63) is 41.9 Å². The fraction of sp³-hybridized carbons (Fsp3) is 0.389. The molecule has 0 fully saturated rings. The molecule has 6 heteroatoms. The number of hydrogen-bond acceptors (Lipinski definition) is 5. The second kappa shape index (κ2) is 6.47. The number of ether oxygens (including phenoxy) is 1. The van der Waals surface area contributed by atoms with E-state index in [0.29, 0.717) is 12.5 Å². The molecule has 3 rings (SSSR count). The lowest BCUT2D eigenvalue weighted by molar-refractivity contribution is 0.320. The molecule has 0 saturated heterocycles. The van der Waals surface area contributed by atoms with E-state index in [1.807, 2.05) is 26.0 Å². The molecule has 0 aliphatic carbocycles. The molecule has 0 spiro atoms. The molecule has 6 nitrogen and oxygen atoms in total. The molecule has 0 radical (unpaired) electrons. The number of hydrogen-bond donors (Lipinski definition) is 2. The summed E-state index contributed by atoms with van der Waals surface area (Å²) in [5.41, 5.74) is 4.58. The van der Waals surface area contributed by atoms with Crippen molar-refractivity contribution < 1.29 is 4.74 Å². The Morgan fingerprint density at radius 2 is 2.00 bits per heavy atom. The lowest BCUT2D eigenvalue weighted by Gasteiger charge is -2.28. The van der Waals surface area contributed by atoms with Crippen LogP contribution in [0.3, 0.4) is 0 Å². The van der Waals surface area contributed by atoms with Crippen molar-refractivity contribution in [2.75, 3.05) is 11.9 Å². The monoisotopic (exact) mass is 325 g/mol. The summed E-state index contributed by atoms with van der Waals surface area (Å²) in [5, 5.41) is 11.0. The largest absolute Gasteiger partial charge is 0.478 e. The fourth-order valence-corrected chi connectivity index (χ4v) is 2.85. The topological polar surface area (TPSA) is 75.7 Å². The Hall–Kier alpha value is -2.63. The van der Waals surface area contributed by atoms with Crippen molar-refractivity contribution in [1.82, 2.24) is 20.2 Å². The maximum atomic E-state index is 5.64. The number of rotatable bonds is 6. The molecule has 24 heavy (non-hydrogen) atoms. The Kier molecular flexibility index (Phi) is 4.38. The number of pyridine rings is 2. The summed E-state index contributed by atoms with van der Waals surface area (Å²) in [4.78, 5) is 8.73. The van der Waals surface area contributed by atoms with Gasteiger partial charge in [0.15, 0.2) is 0 Å². The zero-order valence-electron chi connectivity index (χ0n) is 14.6. The highest BCUT2D eigenvalue weighted by atomic mass is 16.5. The van der Waals surface area contributed by atoms with Gasteiger partial charge in [0.25, 0.3) is 0 Å². The molecule has 3 aromatic heterocycles. The van der Waals surface area contributed by atoms with Crippen LogP contribution in [-0.2, 0) is 6.42 Å². The van der Waals surface area contributed by atoms with Crippen LogP contribution >= 0.6 is 0 Å². The maximum absolute atomic E-state index is 5.64. The number of nitrogens with one attached hydrogen (secondary N) is 2. The highest BCUT2D eigenvalue weighted by molar-refractivity contribution is 5.89. The lowest BCUT2D eigenvalue weighted by atomic mass is 9.95. The van der Waals surface area contributed by atoms with E-state index in [4.69, 9.17) is 4.74 Å². The standard InChI is InChI=1S/C18H23N5O/c1-5-24-17-13(7-6-9-20-17)11-18(3,4)21-14-8-10-19-15-12(2)22-23-16(14)15/h6-10H,5,11H2,1-4H3,(H,19,21)(H,22,23). The lowest BCUT2D eigenvalue weighted by Crippen LogP contribution is -2.33. The quantitative estimate of drug-likeness (QED) is 0.725. The molecular formula is C18H23N5O. The van der Waals surface area contributed by atoms with Crippen molar-refractivity contribution in [3.8, 4) is 5.88 Å². The molecule has 0 aliphatic rings. The van der Waals surface area contributed by atoms with Crippen molar-refractivity contribution in [2.45, 2.75) is 39.7 Å². The highest BCUT2D eigenvalue weighted by Gasteiger charge is 2.22. The zero-order valence-corrected chi connectivity index (χ0v) is 14.6. The van der Waals surface area contributed by atoms with Gasteiger partial charge in [0.1, 0.15) is 11.0 Å². The molecule has 0 aliphatic heterocycles. The van der Waals surface area contributed by atoms with Crippen LogP contribution in [0, 0.1) is 6.92 Å².